The van der Waals surface area contributed by atoms with Crippen LogP contribution in [0.4, 0.5) is 5.69 Å². The second-order valence-corrected chi connectivity index (χ2v) is 5.95. The standard InChI is InChI=1S/C16H15BrClNO3/c1-9-6-10(17)7-14(22-3)15(9)19-16(20)12-5-4-11(18)8-13(12)21-2/h4-8H,1-3H3,(H,19,20). The Balaban J connectivity index is 2.38. The van der Waals surface area contributed by atoms with Crippen LogP contribution in [0.3, 0.4) is 0 Å². The molecule has 2 rings (SSSR count). The van der Waals surface area contributed by atoms with Gasteiger partial charge in [-0.3, -0.25) is 4.79 Å². The summed E-state index contributed by atoms with van der Waals surface area (Å²) in [6, 6.07) is 8.56. The maximum absolute atomic E-state index is 12.5. The number of benzene rings is 2. The van der Waals surface area contributed by atoms with Crippen LogP contribution in [0.1, 0.15) is 15.9 Å². The number of carbonyl (C=O) groups is 1. The van der Waals surface area contributed by atoms with E-state index in [0.717, 1.165) is 10.0 Å². The van der Waals surface area contributed by atoms with E-state index in [-0.39, 0.29) is 5.91 Å². The summed E-state index contributed by atoms with van der Waals surface area (Å²) in [5, 5.41) is 3.36. The second kappa shape index (κ2) is 7.03. The van der Waals surface area contributed by atoms with Crippen molar-refractivity contribution in [2.75, 3.05) is 19.5 Å². The summed E-state index contributed by atoms with van der Waals surface area (Å²) < 4.78 is 11.4. The van der Waals surface area contributed by atoms with Crippen LogP contribution in [0.5, 0.6) is 11.5 Å². The summed E-state index contributed by atoms with van der Waals surface area (Å²) in [5.74, 6) is 0.698. The summed E-state index contributed by atoms with van der Waals surface area (Å²) in [6.45, 7) is 1.89. The van der Waals surface area contributed by atoms with Gasteiger partial charge in [0.05, 0.1) is 25.5 Å². The van der Waals surface area contributed by atoms with E-state index in [1.54, 1.807) is 31.4 Å². The molecule has 0 bridgehead atoms. The topological polar surface area (TPSA) is 47.6 Å². The Morgan fingerprint density at radius 2 is 1.82 bits per heavy atom. The summed E-state index contributed by atoms with van der Waals surface area (Å²) in [6.07, 6.45) is 0. The minimum atomic E-state index is -0.294. The van der Waals surface area contributed by atoms with Crippen LogP contribution in [0.2, 0.25) is 5.02 Å². The summed E-state index contributed by atoms with van der Waals surface area (Å²) in [4.78, 5) is 12.5. The second-order valence-electron chi connectivity index (χ2n) is 4.60. The zero-order valence-electron chi connectivity index (χ0n) is 12.4. The van der Waals surface area contributed by atoms with Gasteiger partial charge in [-0.1, -0.05) is 27.5 Å². The number of hydrogen-bond acceptors (Lipinski definition) is 3. The van der Waals surface area contributed by atoms with E-state index in [9.17, 15) is 4.79 Å². The SMILES string of the molecule is COc1cc(Cl)ccc1C(=O)Nc1c(C)cc(Br)cc1OC. The Hall–Kier alpha value is -1.72. The molecule has 22 heavy (non-hydrogen) atoms. The molecule has 0 aliphatic carbocycles. The third kappa shape index (κ3) is 3.54. The van der Waals surface area contributed by atoms with Crippen molar-refractivity contribution >= 4 is 39.1 Å². The lowest BCUT2D eigenvalue weighted by Crippen LogP contribution is -2.14. The van der Waals surface area contributed by atoms with E-state index in [0.29, 0.717) is 27.8 Å². The van der Waals surface area contributed by atoms with Crippen molar-refractivity contribution < 1.29 is 14.3 Å². The molecule has 0 radical (unpaired) electrons. The third-order valence-electron chi connectivity index (χ3n) is 3.13. The average Bonchev–Trinajstić information content (AvgIpc) is 2.49. The van der Waals surface area contributed by atoms with E-state index in [4.69, 9.17) is 21.1 Å². The Bertz CT molecular complexity index is 719. The lowest BCUT2D eigenvalue weighted by molar-refractivity contribution is 0.102. The van der Waals surface area contributed by atoms with Crippen molar-refractivity contribution in [2.45, 2.75) is 6.92 Å². The number of amides is 1. The molecular formula is C16H15BrClNO3. The van der Waals surface area contributed by atoms with Crippen molar-refractivity contribution in [3.63, 3.8) is 0 Å². The number of carbonyl (C=O) groups excluding carboxylic acids is 1. The van der Waals surface area contributed by atoms with Gasteiger partial charge in [-0.2, -0.15) is 0 Å². The molecule has 4 nitrogen and oxygen atoms in total. The highest BCUT2D eigenvalue weighted by Crippen LogP contribution is 2.33. The molecule has 116 valence electrons. The highest BCUT2D eigenvalue weighted by Gasteiger charge is 2.16. The molecular weight excluding hydrogens is 370 g/mol. The summed E-state index contributed by atoms with van der Waals surface area (Å²) in [7, 11) is 3.05. The zero-order chi connectivity index (χ0) is 16.3. The van der Waals surface area contributed by atoms with Crippen LogP contribution >= 0.6 is 27.5 Å². The van der Waals surface area contributed by atoms with E-state index >= 15 is 0 Å². The molecule has 0 atom stereocenters. The first-order chi connectivity index (χ1) is 10.5. The maximum atomic E-state index is 12.5. The highest BCUT2D eigenvalue weighted by molar-refractivity contribution is 9.10. The van der Waals surface area contributed by atoms with Gasteiger partial charge >= 0.3 is 0 Å². The van der Waals surface area contributed by atoms with E-state index in [2.05, 4.69) is 21.2 Å². The van der Waals surface area contributed by atoms with E-state index in [1.165, 1.54) is 7.11 Å². The zero-order valence-corrected chi connectivity index (χ0v) is 14.7. The van der Waals surface area contributed by atoms with Crippen molar-refractivity contribution in [3.05, 3.63) is 51.0 Å². The Labute approximate surface area is 142 Å². The number of ether oxygens (including phenoxy) is 2. The van der Waals surface area contributed by atoms with Crippen molar-refractivity contribution in [3.8, 4) is 11.5 Å². The predicted molar refractivity (Wildman–Crippen MR) is 91.4 cm³/mol. The Morgan fingerprint density at radius 1 is 1.14 bits per heavy atom. The number of aryl methyl sites for hydroxylation is 1. The molecule has 0 saturated heterocycles. The molecule has 0 fully saturated rings. The van der Waals surface area contributed by atoms with Crippen molar-refractivity contribution in [1.29, 1.82) is 0 Å². The molecule has 0 spiro atoms. The van der Waals surface area contributed by atoms with Crippen LogP contribution in [0.25, 0.3) is 0 Å². The maximum Gasteiger partial charge on any atom is 0.259 e. The largest absolute Gasteiger partial charge is 0.496 e. The molecule has 0 aliphatic heterocycles. The fourth-order valence-corrected chi connectivity index (χ4v) is 2.78. The number of hydrogen-bond donors (Lipinski definition) is 1. The van der Waals surface area contributed by atoms with E-state index < -0.39 is 0 Å². The van der Waals surface area contributed by atoms with Crippen LogP contribution in [-0.4, -0.2) is 20.1 Å². The van der Waals surface area contributed by atoms with Gasteiger partial charge in [0.15, 0.2) is 0 Å². The monoisotopic (exact) mass is 383 g/mol. The third-order valence-corrected chi connectivity index (χ3v) is 3.82. The van der Waals surface area contributed by atoms with Gasteiger partial charge in [0.25, 0.3) is 5.91 Å². The Kier molecular flexibility index (Phi) is 5.32. The van der Waals surface area contributed by atoms with Crippen LogP contribution in [0, 0.1) is 6.92 Å². The minimum Gasteiger partial charge on any atom is -0.496 e. The highest BCUT2D eigenvalue weighted by atomic mass is 79.9. The first-order valence-corrected chi connectivity index (χ1v) is 7.62. The lowest BCUT2D eigenvalue weighted by Gasteiger charge is -2.15. The van der Waals surface area contributed by atoms with Crippen LogP contribution in [-0.2, 0) is 0 Å². The molecule has 0 aliphatic rings. The van der Waals surface area contributed by atoms with Crippen LogP contribution < -0.4 is 14.8 Å². The smallest absolute Gasteiger partial charge is 0.259 e. The van der Waals surface area contributed by atoms with Crippen LogP contribution in [0.15, 0.2) is 34.8 Å². The quantitative estimate of drug-likeness (QED) is 0.832. The molecule has 2 aromatic carbocycles. The van der Waals surface area contributed by atoms with Gasteiger partial charge in [0.1, 0.15) is 11.5 Å². The molecule has 1 N–H and O–H groups in total. The minimum absolute atomic E-state index is 0.294. The van der Waals surface area contributed by atoms with Gasteiger partial charge < -0.3 is 14.8 Å². The predicted octanol–water partition coefficient (Wildman–Crippen LogP) is 4.68. The Morgan fingerprint density at radius 3 is 2.45 bits per heavy atom. The number of halogens is 2. The first-order valence-electron chi connectivity index (χ1n) is 6.45. The lowest BCUT2D eigenvalue weighted by atomic mass is 10.1. The molecule has 0 heterocycles. The number of nitrogens with one attached hydrogen (secondary N) is 1. The van der Waals surface area contributed by atoms with Crippen molar-refractivity contribution in [2.24, 2.45) is 0 Å². The summed E-state index contributed by atoms with van der Waals surface area (Å²) in [5.41, 5.74) is 1.90. The molecule has 0 aromatic heterocycles. The normalized spacial score (nSPS) is 10.2. The number of methoxy groups -OCH3 is 2. The van der Waals surface area contributed by atoms with Gasteiger partial charge in [-0.05, 0) is 42.8 Å². The first kappa shape index (κ1) is 16.6. The average molecular weight is 385 g/mol. The molecule has 6 heteroatoms. The van der Waals surface area contributed by atoms with E-state index in [1.807, 2.05) is 13.0 Å². The van der Waals surface area contributed by atoms with Crippen molar-refractivity contribution in [1.82, 2.24) is 0 Å². The molecule has 2 aromatic rings. The fraction of sp³-hybridized carbons (Fsp3) is 0.188. The number of rotatable bonds is 4. The van der Waals surface area contributed by atoms with Gasteiger partial charge in [-0.25, -0.2) is 0 Å². The number of anilines is 1. The van der Waals surface area contributed by atoms with Gasteiger partial charge in [0, 0.05) is 9.50 Å². The fourth-order valence-electron chi connectivity index (χ4n) is 2.07. The van der Waals surface area contributed by atoms with Gasteiger partial charge in [0.2, 0.25) is 0 Å². The molecule has 1 amide bonds. The molecule has 0 unspecified atom stereocenters. The summed E-state index contributed by atoms with van der Waals surface area (Å²) >= 11 is 9.32. The molecule has 0 saturated carbocycles. The van der Waals surface area contributed by atoms with Gasteiger partial charge in [-0.15, -0.1) is 0 Å².